The standard InChI is InChI=1S/C10H17NO/c1-10(6-7-10)9(12)11(2)8-4-3-5-8/h8H,3-7H2,1-2H3. The van der Waals surface area contributed by atoms with Gasteiger partial charge in [-0.1, -0.05) is 6.92 Å². The van der Waals surface area contributed by atoms with Gasteiger partial charge in [-0.05, 0) is 32.1 Å². The first-order valence-corrected chi connectivity index (χ1v) is 4.91. The molecule has 0 spiro atoms. The molecule has 2 heteroatoms. The zero-order valence-corrected chi connectivity index (χ0v) is 7.97. The molecule has 68 valence electrons. The predicted octanol–water partition coefficient (Wildman–Crippen LogP) is 1.80. The summed E-state index contributed by atoms with van der Waals surface area (Å²) in [6.07, 6.45) is 5.95. The average Bonchev–Trinajstić information content (AvgIpc) is 2.64. The Morgan fingerprint density at radius 1 is 1.42 bits per heavy atom. The van der Waals surface area contributed by atoms with Crippen molar-refractivity contribution in [2.75, 3.05) is 7.05 Å². The SMILES string of the molecule is CN(C(=O)C1(C)CC1)C1CCC1. The molecule has 2 fully saturated rings. The van der Waals surface area contributed by atoms with Crippen LogP contribution in [-0.2, 0) is 4.79 Å². The molecule has 0 aromatic heterocycles. The lowest BCUT2D eigenvalue weighted by molar-refractivity contribution is -0.138. The third kappa shape index (κ3) is 1.13. The Bertz CT molecular complexity index is 204. The second kappa shape index (κ2) is 2.48. The van der Waals surface area contributed by atoms with Crippen LogP contribution in [0.2, 0.25) is 0 Å². The van der Waals surface area contributed by atoms with Gasteiger partial charge in [-0.15, -0.1) is 0 Å². The van der Waals surface area contributed by atoms with E-state index in [9.17, 15) is 4.79 Å². The fourth-order valence-corrected chi connectivity index (χ4v) is 1.77. The molecular weight excluding hydrogens is 150 g/mol. The second-order valence-electron chi connectivity index (χ2n) is 4.56. The Balaban J connectivity index is 1.94. The van der Waals surface area contributed by atoms with E-state index in [1.807, 2.05) is 11.9 Å². The Labute approximate surface area is 73.9 Å². The van der Waals surface area contributed by atoms with Gasteiger partial charge in [-0.2, -0.15) is 0 Å². The van der Waals surface area contributed by atoms with Crippen molar-refractivity contribution in [1.29, 1.82) is 0 Å². The van der Waals surface area contributed by atoms with Crippen LogP contribution in [0.4, 0.5) is 0 Å². The maximum atomic E-state index is 11.8. The molecule has 0 radical (unpaired) electrons. The van der Waals surface area contributed by atoms with Crippen molar-refractivity contribution >= 4 is 5.91 Å². The molecule has 0 aromatic carbocycles. The van der Waals surface area contributed by atoms with E-state index in [0.29, 0.717) is 11.9 Å². The summed E-state index contributed by atoms with van der Waals surface area (Å²) in [5, 5.41) is 0. The van der Waals surface area contributed by atoms with Gasteiger partial charge in [-0.3, -0.25) is 4.79 Å². The number of amides is 1. The van der Waals surface area contributed by atoms with E-state index >= 15 is 0 Å². The molecular formula is C10H17NO. The largest absolute Gasteiger partial charge is 0.342 e. The Morgan fingerprint density at radius 2 is 2.00 bits per heavy atom. The normalized spacial score (nSPS) is 26.2. The second-order valence-corrected chi connectivity index (χ2v) is 4.56. The number of nitrogens with zero attached hydrogens (tertiary/aromatic N) is 1. The minimum absolute atomic E-state index is 0.0321. The number of hydrogen-bond donors (Lipinski definition) is 0. The number of hydrogen-bond acceptors (Lipinski definition) is 1. The fourth-order valence-electron chi connectivity index (χ4n) is 1.77. The highest BCUT2D eigenvalue weighted by Gasteiger charge is 2.47. The third-order valence-corrected chi connectivity index (χ3v) is 3.46. The summed E-state index contributed by atoms with van der Waals surface area (Å²) in [5.74, 6) is 0.382. The Morgan fingerprint density at radius 3 is 2.33 bits per heavy atom. The van der Waals surface area contributed by atoms with Gasteiger partial charge in [0.1, 0.15) is 0 Å². The Kier molecular flexibility index (Phi) is 1.67. The van der Waals surface area contributed by atoms with E-state index < -0.39 is 0 Å². The van der Waals surface area contributed by atoms with Gasteiger partial charge in [0.2, 0.25) is 5.91 Å². The van der Waals surface area contributed by atoms with Crippen molar-refractivity contribution in [3.63, 3.8) is 0 Å². The van der Waals surface area contributed by atoms with Crippen molar-refractivity contribution in [1.82, 2.24) is 4.90 Å². The summed E-state index contributed by atoms with van der Waals surface area (Å²) in [6.45, 7) is 2.09. The number of carbonyl (C=O) groups is 1. The smallest absolute Gasteiger partial charge is 0.228 e. The van der Waals surface area contributed by atoms with Crippen LogP contribution >= 0.6 is 0 Å². The van der Waals surface area contributed by atoms with Crippen LogP contribution in [0, 0.1) is 5.41 Å². The zero-order valence-electron chi connectivity index (χ0n) is 7.97. The lowest BCUT2D eigenvalue weighted by Gasteiger charge is -2.36. The maximum absolute atomic E-state index is 11.8. The first-order valence-electron chi connectivity index (χ1n) is 4.91. The highest BCUT2D eigenvalue weighted by molar-refractivity contribution is 5.85. The minimum atomic E-state index is 0.0321. The topological polar surface area (TPSA) is 20.3 Å². The van der Waals surface area contributed by atoms with Crippen LogP contribution in [0.15, 0.2) is 0 Å². The van der Waals surface area contributed by atoms with Crippen molar-refractivity contribution < 1.29 is 4.79 Å². The fraction of sp³-hybridized carbons (Fsp3) is 0.900. The molecule has 1 amide bonds. The quantitative estimate of drug-likeness (QED) is 0.614. The molecule has 0 bridgehead atoms. The first kappa shape index (κ1) is 8.09. The minimum Gasteiger partial charge on any atom is -0.342 e. The number of rotatable bonds is 2. The summed E-state index contributed by atoms with van der Waals surface area (Å²) in [7, 11) is 1.97. The van der Waals surface area contributed by atoms with Gasteiger partial charge in [-0.25, -0.2) is 0 Å². The van der Waals surface area contributed by atoms with Crippen LogP contribution in [0.25, 0.3) is 0 Å². The molecule has 2 aliphatic rings. The van der Waals surface area contributed by atoms with E-state index in [1.165, 1.54) is 19.3 Å². The van der Waals surface area contributed by atoms with E-state index in [0.717, 1.165) is 12.8 Å². The highest BCUT2D eigenvalue weighted by Crippen LogP contribution is 2.47. The predicted molar refractivity (Wildman–Crippen MR) is 47.8 cm³/mol. The van der Waals surface area contributed by atoms with Crippen LogP contribution in [0.3, 0.4) is 0 Å². The van der Waals surface area contributed by atoms with Gasteiger partial charge in [0.15, 0.2) is 0 Å². The molecule has 2 nitrogen and oxygen atoms in total. The molecule has 0 saturated heterocycles. The molecule has 2 saturated carbocycles. The Hall–Kier alpha value is -0.530. The van der Waals surface area contributed by atoms with Gasteiger partial charge in [0.05, 0.1) is 0 Å². The van der Waals surface area contributed by atoms with E-state index in [4.69, 9.17) is 0 Å². The molecule has 2 aliphatic carbocycles. The summed E-state index contributed by atoms with van der Waals surface area (Å²) < 4.78 is 0. The van der Waals surface area contributed by atoms with Crippen LogP contribution in [0.5, 0.6) is 0 Å². The van der Waals surface area contributed by atoms with Crippen LogP contribution < -0.4 is 0 Å². The average molecular weight is 167 g/mol. The molecule has 0 aromatic rings. The molecule has 0 atom stereocenters. The van der Waals surface area contributed by atoms with E-state index in [-0.39, 0.29) is 5.41 Å². The van der Waals surface area contributed by atoms with Crippen LogP contribution in [0.1, 0.15) is 39.0 Å². The molecule has 2 rings (SSSR count). The summed E-state index contributed by atoms with van der Waals surface area (Å²) >= 11 is 0. The third-order valence-electron chi connectivity index (χ3n) is 3.46. The van der Waals surface area contributed by atoms with Gasteiger partial charge < -0.3 is 4.90 Å². The van der Waals surface area contributed by atoms with Gasteiger partial charge >= 0.3 is 0 Å². The monoisotopic (exact) mass is 167 g/mol. The molecule has 0 aliphatic heterocycles. The van der Waals surface area contributed by atoms with E-state index in [1.54, 1.807) is 0 Å². The summed E-state index contributed by atoms with van der Waals surface area (Å²) in [5.41, 5.74) is 0.0321. The van der Waals surface area contributed by atoms with Crippen molar-refractivity contribution in [3.05, 3.63) is 0 Å². The zero-order chi connectivity index (χ0) is 8.77. The first-order chi connectivity index (χ1) is 5.63. The number of carbonyl (C=O) groups excluding carboxylic acids is 1. The van der Waals surface area contributed by atoms with Crippen molar-refractivity contribution in [2.24, 2.45) is 5.41 Å². The van der Waals surface area contributed by atoms with Crippen molar-refractivity contribution in [2.45, 2.75) is 45.1 Å². The van der Waals surface area contributed by atoms with Crippen LogP contribution in [-0.4, -0.2) is 23.9 Å². The van der Waals surface area contributed by atoms with Gasteiger partial charge in [0, 0.05) is 18.5 Å². The lowest BCUT2D eigenvalue weighted by atomic mass is 9.91. The molecule has 0 heterocycles. The van der Waals surface area contributed by atoms with Gasteiger partial charge in [0.25, 0.3) is 0 Å². The maximum Gasteiger partial charge on any atom is 0.228 e. The molecule has 0 N–H and O–H groups in total. The summed E-state index contributed by atoms with van der Waals surface area (Å²) in [4.78, 5) is 13.8. The molecule has 0 unspecified atom stereocenters. The lowest BCUT2D eigenvalue weighted by Crippen LogP contribution is -2.44. The highest BCUT2D eigenvalue weighted by atomic mass is 16.2. The van der Waals surface area contributed by atoms with E-state index in [2.05, 4.69) is 6.92 Å². The summed E-state index contributed by atoms with van der Waals surface area (Å²) in [6, 6.07) is 0.565. The van der Waals surface area contributed by atoms with Crippen molar-refractivity contribution in [3.8, 4) is 0 Å². The molecule has 12 heavy (non-hydrogen) atoms.